The zero-order chi connectivity index (χ0) is 21.1. The molecule has 0 aliphatic carbocycles. The van der Waals surface area contributed by atoms with E-state index >= 15 is 0 Å². The standard InChI is InChI=1S/C21H21N3O3S3/c22-30(26,27)16-7-5-15(6-8-16)11-12-23-21(25)19-9-10-20(29-19)24-13-14-28-18-4-2-1-3-17(18)24/h1-10H,11-14H2,(H,23,25)(H2,22,26,27). The van der Waals surface area contributed by atoms with Crippen molar-refractivity contribution in [1.82, 2.24) is 5.32 Å². The first-order valence-electron chi connectivity index (χ1n) is 9.41. The summed E-state index contributed by atoms with van der Waals surface area (Å²) in [6.45, 7) is 1.38. The molecule has 0 fully saturated rings. The van der Waals surface area contributed by atoms with Crippen LogP contribution in [0.25, 0.3) is 0 Å². The number of thioether (sulfide) groups is 1. The van der Waals surface area contributed by atoms with Gasteiger partial charge in [-0.1, -0.05) is 24.3 Å². The lowest BCUT2D eigenvalue weighted by molar-refractivity contribution is 0.0958. The highest BCUT2D eigenvalue weighted by Gasteiger charge is 2.20. The number of hydrogen-bond acceptors (Lipinski definition) is 6. The number of amides is 1. The van der Waals surface area contributed by atoms with Gasteiger partial charge in [0, 0.05) is 23.7 Å². The van der Waals surface area contributed by atoms with Gasteiger partial charge in [0.2, 0.25) is 10.0 Å². The molecular formula is C21H21N3O3S3. The first-order chi connectivity index (χ1) is 14.4. The van der Waals surface area contributed by atoms with Crippen LogP contribution in [0.15, 0.2) is 70.5 Å². The lowest BCUT2D eigenvalue weighted by atomic mass is 10.1. The van der Waals surface area contributed by atoms with Gasteiger partial charge in [-0.05, 0) is 48.4 Å². The first kappa shape index (κ1) is 20.9. The zero-order valence-electron chi connectivity index (χ0n) is 16.1. The molecule has 3 N–H and O–H groups in total. The number of anilines is 2. The third-order valence-corrected chi connectivity index (χ3v) is 7.84. The van der Waals surface area contributed by atoms with Crippen molar-refractivity contribution in [2.24, 2.45) is 5.14 Å². The van der Waals surface area contributed by atoms with E-state index in [2.05, 4.69) is 22.3 Å². The monoisotopic (exact) mass is 459 g/mol. The van der Waals surface area contributed by atoms with Crippen LogP contribution in [0, 0.1) is 0 Å². The molecule has 2 heterocycles. The van der Waals surface area contributed by atoms with Crippen LogP contribution in [0.3, 0.4) is 0 Å². The molecular weight excluding hydrogens is 438 g/mol. The van der Waals surface area contributed by atoms with Crippen LogP contribution in [0.1, 0.15) is 15.2 Å². The minimum absolute atomic E-state index is 0.0825. The molecule has 0 spiro atoms. The second-order valence-corrected chi connectivity index (χ2v) is 10.6. The Balaban J connectivity index is 1.36. The summed E-state index contributed by atoms with van der Waals surface area (Å²) in [5.74, 6) is 0.910. The average Bonchev–Trinajstić information content (AvgIpc) is 3.23. The molecule has 9 heteroatoms. The van der Waals surface area contributed by atoms with Crippen molar-refractivity contribution in [3.63, 3.8) is 0 Å². The molecule has 1 aliphatic heterocycles. The molecule has 0 saturated heterocycles. The van der Waals surface area contributed by atoms with E-state index in [-0.39, 0.29) is 10.8 Å². The predicted molar refractivity (Wildman–Crippen MR) is 122 cm³/mol. The maximum Gasteiger partial charge on any atom is 0.261 e. The Bertz CT molecular complexity index is 1160. The van der Waals surface area contributed by atoms with E-state index in [0.29, 0.717) is 17.8 Å². The van der Waals surface area contributed by atoms with Crippen LogP contribution in [-0.4, -0.2) is 33.2 Å². The molecule has 156 valence electrons. The molecule has 1 amide bonds. The molecule has 0 unspecified atom stereocenters. The summed E-state index contributed by atoms with van der Waals surface area (Å²) in [4.78, 5) is 16.8. The van der Waals surface area contributed by atoms with Gasteiger partial charge in [-0.2, -0.15) is 0 Å². The van der Waals surface area contributed by atoms with Gasteiger partial charge in [0.1, 0.15) is 0 Å². The van der Waals surface area contributed by atoms with Crippen molar-refractivity contribution in [2.45, 2.75) is 16.2 Å². The summed E-state index contributed by atoms with van der Waals surface area (Å²) >= 11 is 3.34. The number of carbonyl (C=O) groups excluding carboxylic acids is 1. The quantitative estimate of drug-likeness (QED) is 0.587. The number of carbonyl (C=O) groups is 1. The fourth-order valence-electron chi connectivity index (χ4n) is 3.25. The Labute approximate surface area is 184 Å². The number of para-hydroxylation sites is 1. The molecule has 1 aliphatic rings. The summed E-state index contributed by atoms with van der Waals surface area (Å²) in [6, 6.07) is 18.6. The van der Waals surface area contributed by atoms with Crippen molar-refractivity contribution < 1.29 is 13.2 Å². The van der Waals surface area contributed by atoms with Gasteiger partial charge in [-0.25, -0.2) is 13.6 Å². The van der Waals surface area contributed by atoms with Crippen LogP contribution in [0.5, 0.6) is 0 Å². The van der Waals surface area contributed by atoms with Gasteiger partial charge in [0.15, 0.2) is 0 Å². The molecule has 2 aromatic carbocycles. The number of fused-ring (bicyclic) bond motifs is 1. The highest BCUT2D eigenvalue weighted by Crippen LogP contribution is 2.41. The summed E-state index contributed by atoms with van der Waals surface area (Å²) in [7, 11) is -3.69. The third-order valence-electron chi connectivity index (χ3n) is 4.76. The van der Waals surface area contributed by atoms with Gasteiger partial charge >= 0.3 is 0 Å². The number of hydrogen-bond donors (Lipinski definition) is 2. The van der Waals surface area contributed by atoms with E-state index in [1.165, 1.54) is 34.1 Å². The summed E-state index contributed by atoms with van der Waals surface area (Å²) in [5, 5.41) is 9.10. The van der Waals surface area contributed by atoms with E-state index in [0.717, 1.165) is 22.9 Å². The average molecular weight is 460 g/mol. The van der Waals surface area contributed by atoms with Gasteiger partial charge in [-0.15, -0.1) is 23.1 Å². The molecule has 4 rings (SSSR count). The van der Waals surface area contributed by atoms with Gasteiger partial charge in [-0.3, -0.25) is 4.79 Å². The first-order valence-corrected chi connectivity index (χ1v) is 12.8. The van der Waals surface area contributed by atoms with E-state index in [9.17, 15) is 13.2 Å². The number of nitrogens with zero attached hydrogens (tertiary/aromatic N) is 1. The third kappa shape index (κ3) is 4.70. The van der Waals surface area contributed by atoms with Crippen molar-refractivity contribution in [2.75, 3.05) is 23.7 Å². The van der Waals surface area contributed by atoms with Crippen molar-refractivity contribution >= 4 is 49.7 Å². The maximum absolute atomic E-state index is 12.5. The number of thiophene rings is 1. The number of nitrogens with two attached hydrogens (primary N) is 1. The molecule has 30 heavy (non-hydrogen) atoms. The number of rotatable bonds is 6. The van der Waals surface area contributed by atoms with Crippen molar-refractivity contribution in [1.29, 1.82) is 0 Å². The lowest BCUT2D eigenvalue weighted by Gasteiger charge is -2.29. The molecule has 0 radical (unpaired) electrons. The SMILES string of the molecule is NS(=O)(=O)c1ccc(CCNC(=O)c2ccc(N3CCSc4ccccc43)s2)cc1. The Morgan fingerprint density at radius 1 is 1.07 bits per heavy atom. The minimum atomic E-state index is -3.69. The van der Waals surface area contributed by atoms with E-state index < -0.39 is 10.0 Å². The highest BCUT2D eigenvalue weighted by molar-refractivity contribution is 7.99. The second kappa shape index (κ2) is 8.81. The predicted octanol–water partition coefficient (Wildman–Crippen LogP) is 3.61. The Morgan fingerprint density at radius 2 is 1.83 bits per heavy atom. The Hall–Kier alpha value is -2.33. The van der Waals surface area contributed by atoms with Crippen molar-refractivity contribution in [3.8, 4) is 0 Å². The molecule has 1 aromatic heterocycles. The Kier molecular flexibility index (Phi) is 6.14. The fourth-order valence-corrected chi connectivity index (χ4v) is 5.72. The molecule has 0 saturated carbocycles. The van der Waals surface area contributed by atoms with E-state index in [1.807, 2.05) is 36.0 Å². The van der Waals surface area contributed by atoms with Crippen molar-refractivity contribution in [3.05, 3.63) is 71.1 Å². The van der Waals surface area contributed by atoms with Crippen LogP contribution >= 0.6 is 23.1 Å². The lowest BCUT2D eigenvalue weighted by Crippen LogP contribution is -2.25. The van der Waals surface area contributed by atoms with Gasteiger partial charge < -0.3 is 10.2 Å². The molecule has 0 bridgehead atoms. The normalized spacial score (nSPS) is 13.7. The topological polar surface area (TPSA) is 92.5 Å². The smallest absolute Gasteiger partial charge is 0.261 e. The van der Waals surface area contributed by atoms with Crippen LogP contribution in [-0.2, 0) is 16.4 Å². The fraction of sp³-hybridized carbons (Fsp3) is 0.190. The van der Waals surface area contributed by atoms with Crippen LogP contribution in [0.4, 0.5) is 10.7 Å². The minimum Gasteiger partial charge on any atom is -0.351 e. The largest absolute Gasteiger partial charge is 0.351 e. The highest BCUT2D eigenvalue weighted by atomic mass is 32.2. The summed E-state index contributed by atoms with van der Waals surface area (Å²) < 4.78 is 22.6. The zero-order valence-corrected chi connectivity index (χ0v) is 18.5. The maximum atomic E-state index is 12.5. The van der Waals surface area contributed by atoms with E-state index in [4.69, 9.17) is 5.14 Å². The summed E-state index contributed by atoms with van der Waals surface area (Å²) in [6.07, 6.45) is 0.603. The van der Waals surface area contributed by atoms with Crippen LogP contribution in [0.2, 0.25) is 0 Å². The van der Waals surface area contributed by atoms with Gasteiger partial charge in [0.05, 0.1) is 20.5 Å². The number of sulfonamides is 1. The summed E-state index contributed by atoms with van der Waals surface area (Å²) in [5.41, 5.74) is 2.11. The molecule has 0 atom stereocenters. The number of benzene rings is 2. The molecule has 3 aromatic rings. The van der Waals surface area contributed by atoms with Gasteiger partial charge in [0.25, 0.3) is 5.91 Å². The van der Waals surface area contributed by atoms with Crippen LogP contribution < -0.4 is 15.4 Å². The molecule has 6 nitrogen and oxygen atoms in total. The number of primary sulfonamides is 1. The van der Waals surface area contributed by atoms with E-state index in [1.54, 1.807) is 12.1 Å². The Morgan fingerprint density at radius 3 is 2.60 bits per heavy atom. The number of nitrogens with one attached hydrogen (secondary N) is 1. The second-order valence-electron chi connectivity index (χ2n) is 6.80.